The molecule has 1 fully saturated rings. The van der Waals surface area contributed by atoms with E-state index >= 15 is 0 Å². The van der Waals surface area contributed by atoms with E-state index in [9.17, 15) is 4.79 Å². The molecule has 1 aromatic carbocycles. The molecule has 2 aromatic rings. The number of carbonyl (C=O) groups is 1. The lowest BCUT2D eigenvalue weighted by atomic mass is 10.1. The summed E-state index contributed by atoms with van der Waals surface area (Å²) in [6, 6.07) is 9.81. The Bertz CT molecular complexity index is 741. The number of aliphatic hydroxyl groups is 1. The lowest BCUT2D eigenvalue weighted by molar-refractivity contribution is 0.0760. The summed E-state index contributed by atoms with van der Waals surface area (Å²) < 4.78 is 5.01. The largest absolute Gasteiger partial charge is 0.472 e. The van der Waals surface area contributed by atoms with E-state index in [4.69, 9.17) is 9.52 Å². The van der Waals surface area contributed by atoms with Gasteiger partial charge in [-0.05, 0) is 30.2 Å². The molecule has 1 aromatic heterocycles. The Kier molecular flexibility index (Phi) is 5.89. The summed E-state index contributed by atoms with van der Waals surface area (Å²) in [4.78, 5) is 16.7. The zero-order valence-corrected chi connectivity index (χ0v) is 14.1. The van der Waals surface area contributed by atoms with Crippen LogP contribution >= 0.6 is 0 Å². The van der Waals surface area contributed by atoms with Gasteiger partial charge in [0.2, 0.25) is 0 Å². The third kappa shape index (κ3) is 4.72. The van der Waals surface area contributed by atoms with Gasteiger partial charge in [0.25, 0.3) is 5.91 Å². The molecule has 25 heavy (non-hydrogen) atoms. The van der Waals surface area contributed by atoms with E-state index < -0.39 is 0 Å². The Balaban J connectivity index is 1.55. The van der Waals surface area contributed by atoms with Gasteiger partial charge in [-0.25, -0.2) is 0 Å². The van der Waals surface area contributed by atoms with E-state index in [2.05, 4.69) is 28.9 Å². The van der Waals surface area contributed by atoms with Crippen LogP contribution in [0.3, 0.4) is 0 Å². The number of aliphatic hydroxyl groups excluding tert-OH is 1. The fourth-order valence-corrected chi connectivity index (χ4v) is 2.99. The molecule has 1 aliphatic heterocycles. The van der Waals surface area contributed by atoms with Crippen LogP contribution in [0.5, 0.6) is 0 Å². The average molecular weight is 338 g/mol. The molecule has 2 heterocycles. The van der Waals surface area contributed by atoms with Crippen LogP contribution in [0.4, 0.5) is 0 Å². The fraction of sp³-hybridized carbons (Fsp3) is 0.350. The highest BCUT2D eigenvalue weighted by Gasteiger charge is 2.20. The first kappa shape index (κ1) is 17.3. The molecule has 130 valence electrons. The van der Waals surface area contributed by atoms with Crippen LogP contribution in [0.1, 0.15) is 27.9 Å². The van der Waals surface area contributed by atoms with Crippen LogP contribution in [-0.4, -0.2) is 53.6 Å². The predicted molar refractivity (Wildman–Crippen MR) is 94.9 cm³/mol. The van der Waals surface area contributed by atoms with E-state index in [0.717, 1.165) is 44.7 Å². The lowest BCUT2D eigenvalue weighted by Crippen LogP contribution is -2.34. The first-order valence-electron chi connectivity index (χ1n) is 8.49. The molecule has 1 saturated heterocycles. The standard InChI is InChI=1S/C20H22N2O3/c23-13-1-3-17-4-6-18(7-5-17)15-21-9-2-10-22(12-11-21)20(24)19-8-14-25-16-19/h4-8,14,16,23H,2,9-13,15H2. The van der Waals surface area contributed by atoms with Gasteiger partial charge in [0.15, 0.2) is 0 Å². The molecule has 1 amide bonds. The first-order valence-corrected chi connectivity index (χ1v) is 8.49. The molecule has 1 N–H and O–H groups in total. The van der Waals surface area contributed by atoms with Crippen LogP contribution in [0.2, 0.25) is 0 Å². The smallest absolute Gasteiger partial charge is 0.257 e. The van der Waals surface area contributed by atoms with E-state index in [-0.39, 0.29) is 12.5 Å². The van der Waals surface area contributed by atoms with Crippen molar-refractivity contribution in [2.45, 2.75) is 13.0 Å². The maximum absolute atomic E-state index is 12.4. The third-order valence-corrected chi connectivity index (χ3v) is 4.32. The summed E-state index contributed by atoms with van der Waals surface area (Å²) in [5.41, 5.74) is 2.75. The van der Waals surface area contributed by atoms with Crippen molar-refractivity contribution in [2.24, 2.45) is 0 Å². The van der Waals surface area contributed by atoms with Crippen molar-refractivity contribution >= 4 is 5.91 Å². The topological polar surface area (TPSA) is 56.9 Å². The number of hydrogen-bond acceptors (Lipinski definition) is 4. The zero-order valence-electron chi connectivity index (χ0n) is 14.1. The minimum absolute atomic E-state index is 0.0439. The van der Waals surface area contributed by atoms with Gasteiger partial charge >= 0.3 is 0 Å². The molecule has 0 bridgehead atoms. The highest BCUT2D eigenvalue weighted by molar-refractivity contribution is 5.93. The van der Waals surface area contributed by atoms with E-state index in [1.54, 1.807) is 6.07 Å². The Hall–Kier alpha value is -2.55. The number of rotatable bonds is 3. The van der Waals surface area contributed by atoms with Crippen molar-refractivity contribution in [3.8, 4) is 11.8 Å². The predicted octanol–water partition coefficient (Wildman–Crippen LogP) is 1.97. The zero-order chi connectivity index (χ0) is 17.5. The van der Waals surface area contributed by atoms with E-state index in [1.165, 1.54) is 18.1 Å². The van der Waals surface area contributed by atoms with Crippen molar-refractivity contribution in [2.75, 3.05) is 32.8 Å². The van der Waals surface area contributed by atoms with Crippen molar-refractivity contribution in [1.82, 2.24) is 9.80 Å². The molecule has 3 rings (SSSR count). The summed E-state index contributed by atoms with van der Waals surface area (Å²) in [6.45, 7) is 4.07. The second-order valence-corrected chi connectivity index (χ2v) is 6.09. The van der Waals surface area contributed by atoms with Crippen molar-refractivity contribution in [1.29, 1.82) is 0 Å². The quantitative estimate of drug-likeness (QED) is 0.870. The highest BCUT2D eigenvalue weighted by Crippen LogP contribution is 2.13. The molecular formula is C20H22N2O3. The van der Waals surface area contributed by atoms with Gasteiger partial charge in [-0.3, -0.25) is 9.69 Å². The van der Waals surface area contributed by atoms with Gasteiger partial charge < -0.3 is 14.4 Å². The minimum atomic E-state index is -0.121. The minimum Gasteiger partial charge on any atom is -0.472 e. The van der Waals surface area contributed by atoms with Crippen LogP contribution in [-0.2, 0) is 6.54 Å². The molecule has 0 saturated carbocycles. The summed E-state index contributed by atoms with van der Waals surface area (Å²) in [5.74, 6) is 5.60. The van der Waals surface area contributed by atoms with Crippen LogP contribution in [0.15, 0.2) is 47.3 Å². The highest BCUT2D eigenvalue weighted by atomic mass is 16.3. The molecule has 5 heteroatoms. The Labute approximate surface area is 147 Å². The first-order chi connectivity index (χ1) is 12.3. The molecule has 1 aliphatic rings. The lowest BCUT2D eigenvalue weighted by Gasteiger charge is -2.21. The monoisotopic (exact) mass is 338 g/mol. The molecule has 0 unspecified atom stereocenters. The Morgan fingerprint density at radius 2 is 1.96 bits per heavy atom. The van der Waals surface area contributed by atoms with Gasteiger partial charge in [0, 0.05) is 38.3 Å². The average Bonchev–Trinajstić information content (AvgIpc) is 3.08. The summed E-state index contributed by atoms with van der Waals surface area (Å²) in [6.07, 6.45) is 4.00. The van der Waals surface area contributed by atoms with Crippen molar-refractivity contribution in [3.63, 3.8) is 0 Å². The second kappa shape index (κ2) is 8.52. The number of hydrogen-bond donors (Lipinski definition) is 1. The molecule has 0 radical (unpaired) electrons. The maximum Gasteiger partial charge on any atom is 0.257 e. The number of carbonyl (C=O) groups excluding carboxylic acids is 1. The summed E-state index contributed by atoms with van der Waals surface area (Å²) in [7, 11) is 0. The second-order valence-electron chi connectivity index (χ2n) is 6.09. The van der Waals surface area contributed by atoms with Gasteiger partial charge in [0.1, 0.15) is 12.9 Å². The van der Waals surface area contributed by atoms with Crippen LogP contribution in [0.25, 0.3) is 0 Å². The number of nitrogens with zero attached hydrogens (tertiary/aromatic N) is 2. The SMILES string of the molecule is O=C(c1ccoc1)N1CCCN(Cc2ccc(C#CCO)cc2)CC1. The fourth-order valence-electron chi connectivity index (χ4n) is 2.99. The van der Waals surface area contributed by atoms with E-state index in [0.29, 0.717) is 5.56 Å². The van der Waals surface area contributed by atoms with Gasteiger partial charge in [0.05, 0.1) is 11.8 Å². The van der Waals surface area contributed by atoms with Crippen molar-refractivity contribution in [3.05, 3.63) is 59.5 Å². The molecular weight excluding hydrogens is 316 g/mol. The van der Waals surface area contributed by atoms with Gasteiger partial charge in [-0.15, -0.1) is 0 Å². The maximum atomic E-state index is 12.4. The number of amides is 1. The number of benzene rings is 1. The van der Waals surface area contributed by atoms with Crippen LogP contribution < -0.4 is 0 Å². The van der Waals surface area contributed by atoms with Gasteiger partial charge in [-0.1, -0.05) is 24.0 Å². The van der Waals surface area contributed by atoms with Crippen molar-refractivity contribution < 1.29 is 14.3 Å². The van der Waals surface area contributed by atoms with Gasteiger partial charge in [-0.2, -0.15) is 0 Å². The molecule has 0 atom stereocenters. The summed E-state index contributed by atoms with van der Waals surface area (Å²) in [5, 5.41) is 8.73. The van der Waals surface area contributed by atoms with E-state index in [1.807, 2.05) is 17.0 Å². The molecule has 0 spiro atoms. The Morgan fingerprint density at radius 1 is 1.12 bits per heavy atom. The Morgan fingerprint density at radius 3 is 2.68 bits per heavy atom. The molecule has 5 nitrogen and oxygen atoms in total. The number of furan rings is 1. The molecule has 0 aliphatic carbocycles. The van der Waals surface area contributed by atoms with Crippen LogP contribution in [0, 0.1) is 11.8 Å². The summed E-state index contributed by atoms with van der Waals surface area (Å²) >= 11 is 0. The normalized spacial score (nSPS) is 15.3. The third-order valence-electron chi connectivity index (χ3n) is 4.32.